The second-order valence-corrected chi connectivity index (χ2v) is 4.07. The Hall–Kier alpha value is -0.610. The van der Waals surface area contributed by atoms with Crippen molar-refractivity contribution in [2.75, 3.05) is 20.2 Å². The van der Waals surface area contributed by atoms with E-state index in [4.69, 9.17) is 4.74 Å². The third-order valence-electron chi connectivity index (χ3n) is 3.18. The van der Waals surface area contributed by atoms with E-state index in [2.05, 4.69) is 4.90 Å². The average Bonchev–Trinajstić information content (AvgIpc) is 2.27. The normalized spacial score (nSPS) is 30.8. The minimum Gasteiger partial charge on any atom is -0.361 e. The lowest BCUT2D eigenvalue weighted by Crippen LogP contribution is -2.55. The molecule has 1 N–H and O–H groups in total. The third-order valence-corrected chi connectivity index (χ3v) is 3.18. The van der Waals surface area contributed by atoms with Gasteiger partial charge in [-0.2, -0.15) is 0 Å². The topological polar surface area (TPSA) is 32.7 Å². The number of aliphatic hydroxyl groups is 1. The first-order valence-corrected chi connectivity index (χ1v) is 5.26. The molecule has 2 unspecified atom stereocenters. The van der Waals surface area contributed by atoms with Crippen molar-refractivity contribution in [3.63, 3.8) is 0 Å². The van der Waals surface area contributed by atoms with Gasteiger partial charge in [-0.1, -0.05) is 30.3 Å². The van der Waals surface area contributed by atoms with Crippen molar-refractivity contribution in [2.24, 2.45) is 0 Å². The maximum Gasteiger partial charge on any atom is 0.208 e. The fraction of sp³-hybridized carbons (Fsp3) is 0.500. The fourth-order valence-electron chi connectivity index (χ4n) is 1.96. The quantitative estimate of drug-likeness (QED) is 0.814. The van der Waals surface area contributed by atoms with E-state index in [-0.39, 0.29) is 18.4 Å². The molecule has 0 aromatic heterocycles. The van der Waals surface area contributed by atoms with E-state index < -0.39 is 5.79 Å². The molecule has 1 fully saturated rings. The highest BCUT2D eigenvalue weighted by Gasteiger charge is 2.41. The molecular weight excluding hydrogens is 226 g/mol. The minimum absolute atomic E-state index is 0. The highest BCUT2D eigenvalue weighted by Crippen LogP contribution is 2.31. The molecule has 1 aliphatic heterocycles. The van der Waals surface area contributed by atoms with Gasteiger partial charge in [-0.25, -0.2) is 0 Å². The minimum atomic E-state index is -1.17. The summed E-state index contributed by atoms with van der Waals surface area (Å²) in [4.78, 5) is 2.11. The summed E-state index contributed by atoms with van der Waals surface area (Å²) in [6.45, 7) is 3.40. The van der Waals surface area contributed by atoms with Gasteiger partial charge in [0.05, 0.1) is 12.6 Å². The van der Waals surface area contributed by atoms with E-state index in [1.165, 1.54) is 0 Å². The number of hydrogen-bond donors (Lipinski definition) is 1. The van der Waals surface area contributed by atoms with Crippen LogP contribution >= 0.6 is 12.4 Å². The summed E-state index contributed by atoms with van der Waals surface area (Å²) in [5, 5.41) is 10.5. The van der Waals surface area contributed by atoms with Crippen molar-refractivity contribution in [1.29, 1.82) is 0 Å². The van der Waals surface area contributed by atoms with Gasteiger partial charge in [-0.05, 0) is 14.0 Å². The smallest absolute Gasteiger partial charge is 0.208 e. The molecule has 2 atom stereocenters. The van der Waals surface area contributed by atoms with Gasteiger partial charge in [-0.3, -0.25) is 4.90 Å². The zero-order chi connectivity index (χ0) is 10.9. The molecular formula is C12H18ClNO2. The van der Waals surface area contributed by atoms with Crippen LogP contribution in [0.1, 0.15) is 12.5 Å². The third kappa shape index (κ3) is 2.23. The number of rotatable bonds is 1. The first-order chi connectivity index (χ1) is 7.14. The van der Waals surface area contributed by atoms with Crippen LogP contribution in [-0.4, -0.2) is 36.2 Å². The lowest BCUT2D eigenvalue weighted by Gasteiger charge is -2.43. The van der Waals surface area contributed by atoms with Crippen LogP contribution in [0.2, 0.25) is 0 Å². The predicted molar refractivity (Wildman–Crippen MR) is 65.6 cm³/mol. The van der Waals surface area contributed by atoms with Crippen molar-refractivity contribution in [1.82, 2.24) is 4.90 Å². The Morgan fingerprint density at radius 1 is 1.38 bits per heavy atom. The molecule has 90 valence electrons. The monoisotopic (exact) mass is 243 g/mol. The van der Waals surface area contributed by atoms with Crippen LogP contribution in [0, 0.1) is 0 Å². The van der Waals surface area contributed by atoms with Gasteiger partial charge in [0.25, 0.3) is 0 Å². The molecule has 2 rings (SSSR count). The van der Waals surface area contributed by atoms with Gasteiger partial charge < -0.3 is 9.84 Å². The van der Waals surface area contributed by atoms with Crippen LogP contribution in [0.3, 0.4) is 0 Å². The lowest BCUT2D eigenvalue weighted by atomic mass is 9.97. The highest BCUT2D eigenvalue weighted by molar-refractivity contribution is 5.85. The Labute approximate surface area is 102 Å². The summed E-state index contributed by atoms with van der Waals surface area (Å²) in [5.41, 5.74) is 0.823. The Balaban J connectivity index is 0.00000128. The standard InChI is InChI=1S/C12H17NO2.ClH/c1-10-12(14,15-9-8-13(10)2)11-6-4-3-5-7-11;/h3-7,10,14H,8-9H2,1-2H3;1H. The molecule has 1 heterocycles. The first kappa shape index (κ1) is 13.5. The molecule has 16 heavy (non-hydrogen) atoms. The van der Waals surface area contributed by atoms with Crippen LogP contribution in [0.15, 0.2) is 30.3 Å². The molecule has 1 aromatic rings. The number of nitrogens with zero attached hydrogens (tertiary/aromatic N) is 1. The lowest BCUT2D eigenvalue weighted by molar-refractivity contribution is -0.271. The van der Waals surface area contributed by atoms with E-state index in [0.29, 0.717) is 6.61 Å². The van der Waals surface area contributed by atoms with Crippen LogP contribution in [0.5, 0.6) is 0 Å². The largest absolute Gasteiger partial charge is 0.361 e. The summed E-state index contributed by atoms with van der Waals surface area (Å²) >= 11 is 0. The van der Waals surface area contributed by atoms with Gasteiger partial charge in [0.2, 0.25) is 5.79 Å². The maximum atomic E-state index is 10.5. The van der Waals surface area contributed by atoms with E-state index >= 15 is 0 Å². The van der Waals surface area contributed by atoms with E-state index in [1.807, 2.05) is 44.3 Å². The number of morpholine rings is 1. The molecule has 1 saturated heterocycles. The van der Waals surface area contributed by atoms with Crippen molar-refractivity contribution in [2.45, 2.75) is 18.8 Å². The van der Waals surface area contributed by atoms with Gasteiger partial charge in [0.15, 0.2) is 0 Å². The second kappa shape index (κ2) is 5.15. The van der Waals surface area contributed by atoms with Gasteiger partial charge >= 0.3 is 0 Å². The number of halogens is 1. The molecule has 0 aliphatic carbocycles. The van der Waals surface area contributed by atoms with E-state index in [1.54, 1.807) is 0 Å². The Morgan fingerprint density at radius 2 is 2.00 bits per heavy atom. The van der Waals surface area contributed by atoms with Crippen molar-refractivity contribution >= 4 is 12.4 Å². The Morgan fingerprint density at radius 3 is 2.62 bits per heavy atom. The van der Waals surface area contributed by atoms with Gasteiger partial charge in [0.1, 0.15) is 0 Å². The predicted octanol–water partition coefficient (Wildman–Crippen LogP) is 1.60. The number of likely N-dealkylation sites (N-methyl/N-ethyl adjacent to an activating group) is 1. The number of hydrogen-bond acceptors (Lipinski definition) is 3. The van der Waals surface area contributed by atoms with Crippen LogP contribution < -0.4 is 0 Å². The molecule has 3 nitrogen and oxygen atoms in total. The molecule has 0 amide bonds. The van der Waals surface area contributed by atoms with Crippen molar-refractivity contribution in [3.05, 3.63) is 35.9 Å². The van der Waals surface area contributed by atoms with Gasteiger partial charge in [-0.15, -0.1) is 12.4 Å². The Bertz CT molecular complexity index is 333. The molecule has 1 aromatic carbocycles. The van der Waals surface area contributed by atoms with Crippen LogP contribution in [-0.2, 0) is 10.5 Å². The maximum absolute atomic E-state index is 10.5. The Kier molecular flexibility index (Phi) is 4.33. The molecule has 1 aliphatic rings. The number of benzene rings is 1. The zero-order valence-electron chi connectivity index (χ0n) is 9.59. The second-order valence-electron chi connectivity index (χ2n) is 4.07. The van der Waals surface area contributed by atoms with E-state index in [0.717, 1.165) is 12.1 Å². The number of ether oxygens (including phenoxy) is 1. The van der Waals surface area contributed by atoms with Crippen molar-refractivity contribution < 1.29 is 9.84 Å². The fourth-order valence-corrected chi connectivity index (χ4v) is 1.96. The van der Waals surface area contributed by atoms with Gasteiger partial charge in [0, 0.05) is 12.1 Å². The van der Waals surface area contributed by atoms with Crippen molar-refractivity contribution in [3.8, 4) is 0 Å². The summed E-state index contributed by atoms with van der Waals surface area (Å²) in [6, 6.07) is 9.53. The van der Waals surface area contributed by atoms with Crippen LogP contribution in [0.4, 0.5) is 0 Å². The first-order valence-electron chi connectivity index (χ1n) is 5.26. The summed E-state index contributed by atoms with van der Waals surface area (Å²) < 4.78 is 5.55. The average molecular weight is 244 g/mol. The SMILES string of the molecule is CC1N(C)CCOC1(O)c1ccccc1.Cl. The molecule has 0 radical (unpaired) electrons. The molecule has 4 heteroatoms. The van der Waals surface area contributed by atoms with Crippen LogP contribution in [0.25, 0.3) is 0 Å². The summed E-state index contributed by atoms with van der Waals surface area (Å²) in [7, 11) is 2.00. The zero-order valence-corrected chi connectivity index (χ0v) is 10.4. The molecule has 0 bridgehead atoms. The summed E-state index contributed by atoms with van der Waals surface area (Å²) in [6.07, 6.45) is 0. The summed E-state index contributed by atoms with van der Waals surface area (Å²) in [5.74, 6) is -1.17. The van der Waals surface area contributed by atoms with E-state index in [9.17, 15) is 5.11 Å². The molecule has 0 spiro atoms. The molecule has 0 saturated carbocycles. The highest BCUT2D eigenvalue weighted by atomic mass is 35.5.